The number of hydrogen-bond acceptors (Lipinski definition) is 6. The second-order valence-corrected chi connectivity index (χ2v) is 11.0. The summed E-state index contributed by atoms with van der Waals surface area (Å²) in [5.74, 6) is 1.10. The van der Waals surface area contributed by atoms with Crippen LogP contribution in [-0.4, -0.2) is 27.6 Å². The summed E-state index contributed by atoms with van der Waals surface area (Å²) >= 11 is 15.4. The van der Waals surface area contributed by atoms with Gasteiger partial charge in [-0.15, -0.1) is 11.8 Å². The van der Waals surface area contributed by atoms with E-state index in [2.05, 4.69) is 10.1 Å². The van der Waals surface area contributed by atoms with Crippen LogP contribution < -0.4 is 10.3 Å². The molecule has 0 bridgehead atoms. The van der Waals surface area contributed by atoms with Crippen LogP contribution in [0.15, 0.2) is 81.4 Å². The first-order valence-corrected chi connectivity index (χ1v) is 14.0. The molecule has 0 aliphatic carbocycles. The molecule has 0 atom stereocenters. The van der Waals surface area contributed by atoms with Crippen LogP contribution in [0.1, 0.15) is 24.6 Å². The van der Waals surface area contributed by atoms with Gasteiger partial charge in [-0.2, -0.15) is 4.68 Å². The summed E-state index contributed by atoms with van der Waals surface area (Å²) < 4.78 is 8.00. The number of ether oxygens (including phenoxy) is 1. The van der Waals surface area contributed by atoms with Crippen LogP contribution in [0.2, 0.25) is 10.0 Å². The number of nitrogens with one attached hydrogen (secondary N) is 1. The minimum absolute atomic E-state index is 0.202. The molecule has 3 aromatic carbocycles. The Balaban J connectivity index is 1.63. The summed E-state index contributed by atoms with van der Waals surface area (Å²) in [6.45, 7) is 1.97. The lowest BCUT2D eigenvalue weighted by Crippen LogP contribution is -2.20. The average Bonchev–Trinajstić information content (AvgIpc) is 3.48. The number of thioether (sulfide) groups is 1. The fourth-order valence-electron chi connectivity index (χ4n) is 3.87. The number of aromatic nitrogens is 3. The smallest absolute Gasteiger partial charge is 0.282 e. The van der Waals surface area contributed by atoms with Crippen molar-refractivity contribution in [2.45, 2.75) is 24.0 Å². The third kappa shape index (κ3) is 5.48. The third-order valence-corrected chi connectivity index (χ3v) is 8.20. The van der Waals surface area contributed by atoms with Crippen molar-refractivity contribution in [3.05, 3.63) is 98.4 Å². The molecule has 0 saturated carbocycles. The molecule has 5 rings (SSSR count). The molecule has 188 valence electrons. The van der Waals surface area contributed by atoms with Crippen molar-refractivity contribution in [2.24, 2.45) is 4.99 Å². The maximum absolute atomic E-state index is 13.9. The highest BCUT2D eigenvalue weighted by molar-refractivity contribution is 7.98. The van der Waals surface area contributed by atoms with Crippen molar-refractivity contribution in [1.82, 2.24) is 14.8 Å². The first-order chi connectivity index (χ1) is 18.0. The molecule has 10 heteroatoms. The number of rotatable bonds is 8. The van der Waals surface area contributed by atoms with Gasteiger partial charge < -0.3 is 4.74 Å². The molecule has 0 amide bonds. The van der Waals surface area contributed by atoms with Crippen LogP contribution >= 0.6 is 46.3 Å². The van der Waals surface area contributed by atoms with Gasteiger partial charge in [-0.3, -0.25) is 9.89 Å². The number of H-pyrrole nitrogens is 1. The fraction of sp³-hybridized carbons (Fsp3) is 0.148. The number of para-hydroxylation sites is 1. The number of benzene rings is 3. The highest BCUT2D eigenvalue weighted by Gasteiger charge is 2.22. The van der Waals surface area contributed by atoms with E-state index in [0.717, 1.165) is 20.8 Å². The molecule has 0 spiro atoms. The standard InChI is InChI=1S/C27H22Cl2N4O2S2/c1-3-19(30-21-14-17(29)10-13-23(21)35-2)25-22(15-36-18-11-8-16(28)9-12-18)32-33(26(25)34)27-31-20-6-4-5-7-24(20)37-27/h4-14,32H,3,15H2,1-2H3. The zero-order valence-corrected chi connectivity index (χ0v) is 23.1. The van der Waals surface area contributed by atoms with Crippen LogP contribution in [-0.2, 0) is 5.75 Å². The van der Waals surface area contributed by atoms with E-state index in [1.807, 2.05) is 55.5 Å². The highest BCUT2D eigenvalue weighted by atomic mass is 35.5. The summed E-state index contributed by atoms with van der Waals surface area (Å²) in [4.78, 5) is 24.4. The Morgan fingerprint density at radius 1 is 1.11 bits per heavy atom. The van der Waals surface area contributed by atoms with E-state index >= 15 is 0 Å². The van der Waals surface area contributed by atoms with E-state index in [0.29, 0.717) is 50.1 Å². The van der Waals surface area contributed by atoms with Crippen molar-refractivity contribution in [3.63, 3.8) is 0 Å². The highest BCUT2D eigenvalue weighted by Crippen LogP contribution is 2.32. The van der Waals surface area contributed by atoms with Gasteiger partial charge in [-0.25, -0.2) is 9.98 Å². The van der Waals surface area contributed by atoms with Crippen LogP contribution in [0.5, 0.6) is 5.75 Å². The van der Waals surface area contributed by atoms with Crippen molar-refractivity contribution >= 4 is 67.9 Å². The second kappa shape index (κ2) is 11.1. The molecule has 2 aromatic heterocycles. The van der Waals surface area contributed by atoms with Crippen molar-refractivity contribution in [2.75, 3.05) is 7.11 Å². The Labute approximate surface area is 231 Å². The number of thiazole rings is 1. The quantitative estimate of drug-likeness (QED) is 0.152. The first kappa shape index (κ1) is 25.6. The van der Waals surface area contributed by atoms with Crippen molar-refractivity contribution < 1.29 is 4.74 Å². The Hall–Kier alpha value is -3.04. The maximum atomic E-state index is 13.9. The fourth-order valence-corrected chi connectivity index (χ4v) is 5.94. The number of aliphatic imine (C=N–C) groups is 1. The Bertz CT molecular complexity index is 1620. The van der Waals surface area contributed by atoms with Crippen molar-refractivity contribution in [3.8, 4) is 10.9 Å². The van der Waals surface area contributed by atoms with Gasteiger partial charge >= 0.3 is 0 Å². The second-order valence-electron chi connectivity index (χ2n) is 8.04. The van der Waals surface area contributed by atoms with Gasteiger partial charge in [0.05, 0.1) is 34.3 Å². The van der Waals surface area contributed by atoms with E-state index < -0.39 is 0 Å². The Morgan fingerprint density at radius 2 is 1.86 bits per heavy atom. The summed E-state index contributed by atoms with van der Waals surface area (Å²) in [6, 6.07) is 20.7. The minimum Gasteiger partial charge on any atom is -0.494 e. The molecule has 6 nitrogen and oxygen atoms in total. The lowest BCUT2D eigenvalue weighted by molar-refractivity contribution is 0.416. The van der Waals surface area contributed by atoms with Crippen molar-refractivity contribution in [1.29, 1.82) is 0 Å². The molecule has 0 saturated heterocycles. The maximum Gasteiger partial charge on any atom is 0.282 e. The van der Waals surface area contributed by atoms with E-state index in [-0.39, 0.29) is 5.56 Å². The zero-order valence-electron chi connectivity index (χ0n) is 20.0. The molecule has 0 unspecified atom stereocenters. The zero-order chi connectivity index (χ0) is 25.9. The van der Waals surface area contributed by atoms with Gasteiger partial charge in [0.15, 0.2) is 0 Å². The predicted octanol–water partition coefficient (Wildman–Crippen LogP) is 7.91. The minimum atomic E-state index is -0.202. The van der Waals surface area contributed by atoms with Gasteiger partial charge in [0.1, 0.15) is 11.4 Å². The normalized spacial score (nSPS) is 11.8. The molecule has 1 N–H and O–H groups in total. The predicted molar refractivity (Wildman–Crippen MR) is 155 cm³/mol. The molecule has 37 heavy (non-hydrogen) atoms. The largest absolute Gasteiger partial charge is 0.494 e. The molecule has 0 radical (unpaired) electrons. The van der Waals surface area contributed by atoms with E-state index in [4.69, 9.17) is 32.9 Å². The SMILES string of the molecule is CCC(=Nc1cc(Cl)ccc1OC)c1c(CSc2ccc(Cl)cc2)[nH]n(-c2nc3ccccc3s2)c1=O. The van der Waals surface area contributed by atoms with Gasteiger partial charge in [-0.05, 0) is 61.0 Å². The van der Waals surface area contributed by atoms with Gasteiger partial charge in [-0.1, -0.05) is 53.6 Å². The summed E-state index contributed by atoms with van der Waals surface area (Å²) in [5, 5.41) is 5.11. The molecule has 0 aliphatic rings. The summed E-state index contributed by atoms with van der Waals surface area (Å²) in [5.41, 5.74) is 3.11. The third-order valence-electron chi connectivity index (χ3n) is 5.66. The molecule has 0 fully saturated rings. The van der Waals surface area contributed by atoms with E-state index in [1.54, 1.807) is 37.1 Å². The number of aromatic amines is 1. The van der Waals surface area contributed by atoms with Crippen LogP contribution in [0.25, 0.3) is 15.3 Å². The molecular formula is C27H22Cl2N4O2S2. The molecule has 2 heterocycles. The number of halogens is 2. The number of nitrogens with zero attached hydrogens (tertiary/aromatic N) is 3. The number of hydrogen-bond donors (Lipinski definition) is 1. The topological polar surface area (TPSA) is 72.3 Å². The monoisotopic (exact) mass is 568 g/mol. The lowest BCUT2D eigenvalue weighted by Gasteiger charge is -2.08. The van der Waals surface area contributed by atoms with Gasteiger partial charge in [0, 0.05) is 20.7 Å². The average molecular weight is 570 g/mol. The van der Waals surface area contributed by atoms with Gasteiger partial charge in [0.2, 0.25) is 5.13 Å². The molecule has 0 aliphatic heterocycles. The molecular weight excluding hydrogens is 547 g/mol. The number of fused-ring (bicyclic) bond motifs is 1. The van der Waals surface area contributed by atoms with E-state index in [9.17, 15) is 4.79 Å². The van der Waals surface area contributed by atoms with Crippen LogP contribution in [0.3, 0.4) is 0 Å². The Kier molecular flexibility index (Phi) is 7.71. The lowest BCUT2D eigenvalue weighted by atomic mass is 10.1. The van der Waals surface area contributed by atoms with E-state index in [1.165, 1.54) is 16.0 Å². The Morgan fingerprint density at radius 3 is 2.59 bits per heavy atom. The molecule has 5 aromatic rings. The summed E-state index contributed by atoms with van der Waals surface area (Å²) in [6.07, 6.45) is 0.529. The van der Waals surface area contributed by atoms with Gasteiger partial charge in [0.25, 0.3) is 5.56 Å². The first-order valence-electron chi connectivity index (χ1n) is 11.5. The van der Waals surface area contributed by atoms with Crippen LogP contribution in [0, 0.1) is 0 Å². The number of methoxy groups -OCH3 is 1. The summed E-state index contributed by atoms with van der Waals surface area (Å²) in [7, 11) is 1.58. The van der Waals surface area contributed by atoms with Crippen LogP contribution in [0.4, 0.5) is 5.69 Å².